The van der Waals surface area contributed by atoms with Gasteiger partial charge in [-0.05, 0) is 44.2 Å². The van der Waals surface area contributed by atoms with Gasteiger partial charge in [-0.15, -0.1) is 0 Å². The van der Waals surface area contributed by atoms with Gasteiger partial charge in [-0.2, -0.15) is 0 Å². The number of likely N-dealkylation sites (tertiary alicyclic amines) is 2. The molecule has 0 aliphatic carbocycles. The predicted octanol–water partition coefficient (Wildman–Crippen LogP) is 2.05. The van der Waals surface area contributed by atoms with Gasteiger partial charge in [0.05, 0.1) is 6.54 Å². The van der Waals surface area contributed by atoms with Crippen LogP contribution in [0.3, 0.4) is 0 Å². The van der Waals surface area contributed by atoms with Crippen LogP contribution in [0.1, 0.15) is 50.2 Å². The number of carbonyl (C=O) groups is 2. The number of nitrogens with zero attached hydrogens (tertiary/aromatic N) is 3. The minimum atomic E-state index is -0.0690. The van der Waals surface area contributed by atoms with E-state index in [1.807, 2.05) is 6.92 Å². The molecule has 0 radical (unpaired) electrons. The monoisotopic (exact) mass is 413 g/mol. The van der Waals surface area contributed by atoms with Crippen LogP contribution in [0.4, 0.5) is 0 Å². The summed E-state index contributed by atoms with van der Waals surface area (Å²) in [5, 5.41) is 6.82. The van der Waals surface area contributed by atoms with Gasteiger partial charge in [0, 0.05) is 51.6 Å². The van der Waals surface area contributed by atoms with Crippen molar-refractivity contribution in [3.8, 4) is 0 Å². The lowest BCUT2D eigenvalue weighted by atomic mass is 10.0. The average molecular weight is 414 g/mol. The Kier molecular flexibility index (Phi) is 8.25. The molecule has 164 valence electrons. The van der Waals surface area contributed by atoms with Crippen LogP contribution in [0.2, 0.25) is 0 Å². The summed E-state index contributed by atoms with van der Waals surface area (Å²) in [5.41, 5.74) is 2.76. The van der Waals surface area contributed by atoms with Gasteiger partial charge >= 0.3 is 0 Å². The summed E-state index contributed by atoms with van der Waals surface area (Å²) in [7, 11) is 0. The standard InChI is InChI=1S/C23H35N5O2/c1-3-24-23(25-13-16-28-21(29)9-6-10-22(28)30)26-20-11-14-27(15-12-20)17-19-8-5-4-7-18(19)2/h4-5,7-8,20H,3,6,9-17H2,1-2H3,(H2,24,25,26). The number of hydrogen-bond acceptors (Lipinski definition) is 4. The summed E-state index contributed by atoms with van der Waals surface area (Å²) < 4.78 is 0. The van der Waals surface area contributed by atoms with E-state index in [1.54, 1.807) is 0 Å². The number of imide groups is 1. The molecule has 0 unspecified atom stereocenters. The van der Waals surface area contributed by atoms with Crippen molar-refractivity contribution >= 4 is 17.8 Å². The number of nitrogens with one attached hydrogen (secondary N) is 2. The highest BCUT2D eigenvalue weighted by molar-refractivity contribution is 5.97. The Balaban J connectivity index is 1.46. The lowest BCUT2D eigenvalue weighted by molar-refractivity contribution is -0.147. The highest BCUT2D eigenvalue weighted by Crippen LogP contribution is 2.16. The number of hydrogen-bond donors (Lipinski definition) is 2. The molecule has 2 fully saturated rings. The molecule has 0 aromatic heterocycles. The number of carbonyl (C=O) groups excluding carboxylic acids is 2. The molecular formula is C23H35N5O2. The van der Waals surface area contributed by atoms with Crippen molar-refractivity contribution < 1.29 is 9.59 Å². The molecule has 2 heterocycles. The molecule has 7 nitrogen and oxygen atoms in total. The molecule has 2 aliphatic rings. The van der Waals surface area contributed by atoms with E-state index in [0.29, 0.717) is 38.4 Å². The summed E-state index contributed by atoms with van der Waals surface area (Å²) in [6.07, 6.45) is 3.74. The molecule has 7 heteroatoms. The van der Waals surface area contributed by atoms with Gasteiger partial charge in [0.25, 0.3) is 0 Å². The zero-order valence-corrected chi connectivity index (χ0v) is 18.3. The van der Waals surface area contributed by atoms with E-state index in [4.69, 9.17) is 0 Å². The summed E-state index contributed by atoms with van der Waals surface area (Å²) in [6, 6.07) is 8.98. The van der Waals surface area contributed by atoms with Crippen molar-refractivity contribution in [3.63, 3.8) is 0 Å². The largest absolute Gasteiger partial charge is 0.357 e. The molecule has 2 N–H and O–H groups in total. The number of aryl methyl sites for hydroxylation is 1. The minimum Gasteiger partial charge on any atom is -0.357 e. The van der Waals surface area contributed by atoms with Crippen LogP contribution in [-0.2, 0) is 16.1 Å². The van der Waals surface area contributed by atoms with Gasteiger partial charge in [-0.25, -0.2) is 0 Å². The van der Waals surface area contributed by atoms with E-state index in [-0.39, 0.29) is 11.8 Å². The number of benzene rings is 1. The molecule has 2 aliphatic heterocycles. The fourth-order valence-corrected chi connectivity index (χ4v) is 4.09. The normalized spacial score (nSPS) is 19.3. The third-order valence-corrected chi connectivity index (χ3v) is 5.90. The summed E-state index contributed by atoms with van der Waals surface area (Å²) in [4.78, 5) is 32.3. The maximum absolute atomic E-state index is 11.9. The fourth-order valence-electron chi connectivity index (χ4n) is 4.09. The quantitative estimate of drug-likeness (QED) is 0.406. The second-order valence-corrected chi connectivity index (χ2v) is 8.17. The molecule has 0 saturated carbocycles. The van der Waals surface area contributed by atoms with Crippen LogP contribution in [-0.4, -0.2) is 66.3 Å². The van der Waals surface area contributed by atoms with E-state index in [2.05, 4.69) is 51.7 Å². The third-order valence-electron chi connectivity index (χ3n) is 5.90. The lowest BCUT2D eigenvalue weighted by Crippen LogP contribution is -2.49. The molecule has 0 spiro atoms. The van der Waals surface area contributed by atoms with Crippen LogP contribution in [0.5, 0.6) is 0 Å². The van der Waals surface area contributed by atoms with E-state index in [9.17, 15) is 9.59 Å². The maximum Gasteiger partial charge on any atom is 0.229 e. The molecule has 1 aromatic rings. The fraction of sp³-hybridized carbons (Fsp3) is 0.609. The highest BCUT2D eigenvalue weighted by atomic mass is 16.2. The lowest BCUT2D eigenvalue weighted by Gasteiger charge is -2.33. The molecule has 0 atom stereocenters. The van der Waals surface area contributed by atoms with Crippen LogP contribution in [0.15, 0.2) is 29.3 Å². The first kappa shape index (κ1) is 22.3. The SMILES string of the molecule is CCNC(=NCCN1C(=O)CCCC1=O)NC1CCN(Cc2ccccc2C)CC1. The van der Waals surface area contributed by atoms with Crippen molar-refractivity contribution in [2.45, 2.75) is 58.5 Å². The molecular weight excluding hydrogens is 378 g/mol. The van der Waals surface area contributed by atoms with E-state index < -0.39 is 0 Å². The summed E-state index contributed by atoms with van der Waals surface area (Å²) in [6.45, 7) is 8.91. The Hall–Kier alpha value is -2.41. The Morgan fingerprint density at radius 3 is 2.50 bits per heavy atom. The van der Waals surface area contributed by atoms with E-state index >= 15 is 0 Å². The molecule has 2 amide bonds. The molecule has 1 aromatic carbocycles. The van der Waals surface area contributed by atoms with Gasteiger partial charge in [0.1, 0.15) is 0 Å². The Labute approximate surface area is 179 Å². The Morgan fingerprint density at radius 1 is 1.13 bits per heavy atom. The second kappa shape index (κ2) is 11.1. The topological polar surface area (TPSA) is 77.0 Å². The van der Waals surface area contributed by atoms with Crippen molar-refractivity contribution in [2.24, 2.45) is 4.99 Å². The number of amides is 2. The van der Waals surface area contributed by atoms with Crippen molar-refractivity contribution in [1.82, 2.24) is 20.4 Å². The maximum atomic E-state index is 11.9. The minimum absolute atomic E-state index is 0.0690. The van der Waals surface area contributed by atoms with E-state index in [1.165, 1.54) is 16.0 Å². The first-order valence-electron chi connectivity index (χ1n) is 11.2. The van der Waals surface area contributed by atoms with Gasteiger partial charge in [-0.3, -0.25) is 24.4 Å². The third kappa shape index (κ3) is 6.29. The smallest absolute Gasteiger partial charge is 0.229 e. The number of piperidine rings is 2. The Bertz CT molecular complexity index is 740. The number of aliphatic imine (C=N–C) groups is 1. The number of guanidine groups is 1. The molecule has 0 bridgehead atoms. The van der Waals surface area contributed by atoms with Gasteiger partial charge < -0.3 is 10.6 Å². The predicted molar refractivity (Wildman–Crippen MR) is 119 cm³/mol. The van der Waals surface area contributed by atoms with Crippen LogP contribution in [0, 0.1) is 6.92 Å². The van der Waals surface area contributed by atoms with Gasteiger partial charge in [-0.1, -0.05) is 24.3 Å². The van der Waals surface area contributed by atoms with Gasteiger partial charge in [0.2, 0.25) is 11.8 Å². The average Bonchev–Trinajstić information content (AvgIpc) is 2.73. The van der Waals surface area contributed by atoms with Crippen LogP contribution in [0.25, 0.3) is 0 Å². The first-order valence-corrected chi connectivity index (χ1v) is 11.2. The Morgan fingerprint density at radius 2 is 1.83 bits per heavy atom. The summed E-state index contributed by atoms with van der Waals surface area (Å²) in [5.74, 6) is 0.632. The van der Waals surface area contributed by atoms with Crippen LogP contribution >= 0.6 is 0 Å². The zero-order valence-electron chi connectivity index (χ0n) is 18.3. The molecule has 3 rings (SSSR count). The molecule has 30 heavy (non-hydrogen) atoms. The van der Waals surface area contributed by atoms with Crippen LogP contribution < -0.4 is 10.6 Å². The second-order valence-electron chi connectivity index (χ2n) is 8.17. The van der Waals surface area contributed by atoms with E-state index in [0.717, 1.165) is 45.0 Å². The highest BCUT2D eigenvalue weighted by Gasteiger charge is 2.25. The van der Waals surface area contributed by atoms with Crippen molar-refractivity contribution in [2.75, 3.05) is 32.7 Å². The van der Waals surface area contributed by atoms with Crippen molar-refractivity contribution in [3.05, 3.63) is 35.4 Å². The molecule has 2 saturated heterocycles. The van der Waals surface area contributed by atoms with Crippen molar-refractivity contribution in [1.29, 1.82) is 0 Å². The van der Waals surface area contributed by atoms with Gasteiger partial charge in [0.15, 0.2) is 5.96 Å². The zero-order chi connectivity index (χ0) is 21.3. The summed E-state index contributed by atoms with van der Waals surface area (Å²) >= 11 is 0. The first-order chi connectivity index (χ1) is 14.6. The number of rotatable bonds is 7.